The molecule has 0 amide bonds. The number of benzene rings is 1. The summed E-state index contributed by atoms with van der Waals surface area (Å²) in [6, 6.07) is 5.91. The first-order valence-electron chi connectivity index (χ1n) is 9.91. The number of aliphatic imine (C=N–C) groups is 1. The minimum Gasteiger partial charge on any atom is -0.497 e. The van der Waals surface area contributed by atoms with Crippen molar-refractivity contribution in [3.8, 4) is 11.5 Å². The molecule has 1 aromatic carbocycles. The topological polar surface area (TPSA) is 58.6 Å². The standard InChI is InChI=1S/C21H36N4O3/c1-7-22-20(23-16-21(24(2)3)10-12-28-13-11-21)25(4)15-17-8-9-18(26-5)14-19(17)27-6/h8-9,14H,7,10-13,15-16H2,1-6H3,(H,22,23). The number of nitrogens with zero attached hydrogens (tertiary/aromatic N) is 3. The molecule has 1 heterocycles. The molecule has 7 heteroatoms. The van der Waals surface area contributed by atoms with Gasteiger partial charge in [0.2, 0.25) is 0 Å². The third-order valence-corrected chi connectivity index (χ3v) is 5.49. The van der Waals surface area contributed by atoms with Crippen molar-refractivity contribution in [2.24, 2.45) is 4.99 Å². The van der Waals surface area contributed by atoms with Gasteiger partial charge in [-0.05, 0) is 46.0 Å². The number of ether oxygens (including phenoxy) is 3. The van der Waals surface area contributed by atoms with Crippen LogP contribution < -0.4 is 14.8 Å². The van der Waals surface area contributed by atoms with Crippen LogP contribution in [0.2, 0.25) is 0 Å². The molecule has 0 radical (unpaired) electrons. The van der Waals surface area contributed by atoms with Crippen molar-refractivity contribution in [2.45, 2.75) is 31.8 Å². The second-order valence-corrected chi connectivity index (χ2v) is 7.44. The second-order valence-electron chi connectivity index (χ2n) is 7.44. The number of nitrogens with one attached hydrogen (secondary N) is 1. The quantitative estimate of drug-likeness (QED) is 0.541. The monoisotopic (exact) mass is 392 g/mol. The fourth-order valence-corrected chi connectivity index (χ4v) is 3.50. The number of hydrogen-bond donors (Lipinski definition) is 1. The van der Waals surface area contributed by atoms with Gasteiger partial charge in [-0.15, -0.1) is 0 Å². The van der Waals surface area contributed by atoms with Crippen LogP contribution >= 0.6 is 0 Å². The molecule has 0 spiro atoms. The largest absolute Gasteiger partial charge is 0.497 e. The fourth-order valence-electron chi connectivity index (χ4n) is 3.50. The van der Waals surface area contributed by atoms with Crippen LogP contribution in [0, 0.1) is 0 Å². The molecular weight excluding hydrogens is 356 g/mol. The first-order valence-corrected chi connectivity index (χ1v) is 9.91. The van der Waals surface area contributed by atoms with Gasteiger partial charge < -0.3 is 29.3 Å². The molecule has 158 valence electrons. The summed E-state index contributed by atoms with van der Waals surface area (Å²) in [5.41, 5.74) is 1.14. The van der Waals surface area contributed by atoms with Crippen LogP contribution in [0.4, 0.5) is 0 Å². The lowest BCUT2D eigenvalue weighted by molar-refractivity contribution is -0.00263. The second kappa shape index (κ2) is 10.5. The predicted molar refractivity (Wildman–Crippen MR) is 113 cm³/mol. The molecule has 0 bridgehead atoms. The Bertz CT molecular complexity index is 643. The molecule has 28 heavy (non-hydrogen) atoms. The SMILES string of the molecule is CCNC(=NCC1(N(C)C)CCOCC1)N(C)Cc1ccc(OC)cc1OC. The maximum atomic E-state index is 5.57. The summed E-state index contributed by atoms with van der Waals surface area (Å²) >= 11 is 0. The van der Waals surface area contributed by atoms with E-state index in [9.17, 15) is 0 Å². The molecule has 1 N–H and O–H groups in total. The predicted octanol–water partition coefficient (Wildman–Crippen LogP) is 2.21. The van der Waals surface area contributed by atoms with Gasteiger partial charge in [-0.3, -0.25) is 4.99 Å². The van der Waals surface area contributed by atoms with Crippen LogP contribution in [0.25, 0.3) is 0 Å². The average molecular weight is 393 g/mol. The maximum absolute atomic E-state index is 5.57. The Labute approximate surface area is 169 Å². The Morgan fingerprint density at radius 2 is 1.89 bits per heavy atom. The van der Waals surface area contributed by atoms with E-state index in [0.717, 1.165) is 62.2 Å². The van der Waals surface area contributed by atoms with E-state index >= 15 is 0 Å². The van der Waals surface area contributed by atoms with Gasteiger partial charge in [0.15, 0.2) is 5.96 Å². The molecule has 1 aliphatic heterocycles. The van der Waals surface area contributed by atoms with Crippen LogP contribution in [0.5, 0.6) is 11.5 Å². The van der Waals surface area contributed by atoms with Gasteiger partial charge in [-0.2, -0.15) is 0 Å². The van der Waals surface area contributed by atoms with Crippen molar-refractivity contribution in [1.82, 2.24) is 15.1 Å². The van der Waals surface area contributed by atoms with Crippen molar-refractivity contribution < 1.29 is 14.2 Å². The van der Waals surface area contributed by atoms with E-state index in [2.05, 4.69) is 43.2 Å². The van der Waals surface area contributed by atoms with Gasteiger partial charge >= 0.3 is 0 Å². The summed E-state index contributed by atoms with van der Waals surface area (Å²) in [5.74, 6) is 2.50. The normalized spacial score (nSPS) is 16.8. The highest BCUT2D eigenvalue weighted by molar-refractivity contribution is 5.79. The van der Waals surface area contributed by atoms with E-state index in [1.54, 1.807) is 14.2 Å². The highest BCUT2D eigenvalue weighted by Gasteiger charge is 2.34. The van der Waals surface area contributed by atoms with Crippen molar-refractivity contribution in [1.29, 1.82) is 0 Å². The Morgan fingerprint density at radius 1 is 1.18 bits per heavy atom. The summed E-state index contributed by atoms with van der Waals surface area (Å²) < 4.78 is 16.4. The van der Waals surface area contributed by atoms with E-state index in [1.807, 2.05) is 18.2 Å². The average Bonchev–Trinajstić information content (AvgIpc) is 2.71. The molecule has 2 rings (SSSR count). The summed E-state index contributed by atoms with van der Waals surface area (Å²) in [4.78, 5) is 9.42. The molecule has 0 aliphatic carbocycles. The van der Waals surface area contributed by atoms with Crippen molar-refractivity contribution in [3.63, 3.8) is 0 Å². The minimum atomic E-state index is 0.0531. The first kappa shape index (κ1) is 22.3. The summed E-state index contributed by atoms with van der Waals surface area (Å²) in [5, 5.41) is 3.42. The molecule has 1 fully saturated rings. The highest BCUT2D eigenvalue weighted by Crippen LogP contribution is 2.27. The van der Waals surface area contributed by atoms with Crippen LogP contribution in [-0.2, 0) is 11.3 Å². The molecule has 1 aromatic rings. The highest BCUT2D eigenvalue weighted by atomic mass is 16.5. The molecule has 7 nitrogen and oxygen atoms in total. The van der Waals surface area contributed by atoms with Crippen LogP contribution in [0.1, 0.15) is 25.3 Å². The molecule has 1 saturated heterocycles. The Hall–Kier alpha value is -1.99. The number of methoxy groups -OCH3 is 2. The molecule has 0 atom stereocenters. The van der Waals surface area contributed by atoms with E-state index in [-0.39, 0.29) is 5.54 Å². The Morgan fingerprint density at radius 3 is 2.46 bits per heavy atom. The maximum Gasteiger partial charge on any atom is 0.194 e. The molecule has 0 saturated carbocycles. The van der Waals surface area contributed by atoms with Gasteiger partial charge in [-0.25, -0.2) is 0 Å². The molecule has 0 aromatic heterocycles. The van der Waals surface area contributed by atoms with Crippen LogP contribution in [-0.4, -0.2) is 83.0 Å². The van der Waals surface area contributed by atoms with Gasteiger partial charge in [0, 0.05) is 50.5 Å². The first-order chi connectivity index (χ1) is 13.5. The summed E-state index contributed by atoms with van der Waals surface area (Å²) in [6.07, 6.45) is 2.00. The number of rotatable bonds is 8. The Kier molecular flexibility index (Phi) is 8.38. The molecule has 1 aliphatic rings. The fraction of sp³-hybridized carbons (Fsp3) is 0.667. The van der Waals surface area contributed by atoms with E-state index in [0.29, 0.717) is 6.54 Å². The van der Waals surface area contributed by atoms with Crippen molar-refractivity contribution in [3.05, 3.63) is 23.8 Å². The van der Waals surface area contributed by atoms with Gasteiger partial charge in [0.25, 0.3) is 0 Å². The van der Waals surface area contributed by atoms with Crippen LogP contribution in [0.15, 0.2) is 23.2 Å². The lowest BCUT2D eigenvalue weighted by Gasteiger charge is -2.42. The third-order valence-electron chi connectivity index (χ3n) is 5.49. The van der Waals surface area contributed by atoms with Crippen molar-refractivity contribution in [2.75, 3.05) is 61.7 Å². The van der Waals surface area contributed by atoms with E-state index < -0.39 is 0 Å². The smallest absolute Gasteiger partial charge is 0.194 e. The van der Waals surface area contributed by atoms with E-state index in [4.69, 9.17) is 19.2 Å². The Balaban J connectivity index is 2.17. The lowest BCUT2D eigenvalue weighted by Crippen LogP contribution is -2.51. The zero-order valence-corrected chi connectivity index (χ0v) is 18.2. The molecular formula is C21H36N4O3. The zero-order valence-electron chi connectivity index (χ0n) is 18.2. The number of likely N-dealkylation sites (N-methyl/N-ethyl adjacent to an activating group) is 1. The van der Waals surface area contributed by atoms with Gasteiger partial charge in [-0.1, -0.05) is 0 Å². The van der Waals surface area contributed by atoms with Crippen LogP contribution in [0.3, 0.4) is 0 Å². The van der Waals surface area contributed by atoms with E-state index in [1.165, 1.54) is 0 Å². The number of guanidine groups is 1. The minimum absolute atomic E-state index is 0.0531. The number of hydrogen-bond acceptors (Lipinski definition) is 5. The summed E-state index contributed by atoms with van der Waals surface area (Å²) in [6.45, 7) is 5.94. The van der Waals surface area contributed by atoms with Gasteiger partial charge in [0.1, 0.15) is 11.5 Å². The van der Waals surface area contributed by atoms with Crippen molar-refractivity contribution >= 4 is 5.96 Å². The summed E-state index contributed by atoms with van der Waals surface area (Å²) in [7, 11) is 9.67. The lowest BCUT2D eigenvalue weighted by atomic mass is 9.89. The third kappa shape index (κ3) is 5.52. The molecule has 0 unspecified atom stereocenters. The zero-order chi connectivity index (χ0) is 20.6. The van der Waals surface area contributed by atoms with Gasteiger partial charge in [0.05, 0.1) is 20.8 Å².